The quantitative estimate of drug-likeness (QED) is 0.271. The van der Waals surface area contributed by atoms with E-state index in [0.29, 0.717) is 19.8 Å². The molecular formula is C34H40O9. The number of ether oxygens (including phenoxy) is 7. The summed E-state index contributed by atoms with van der Waals surface area (Å²) < 4.78 is 43.7. The predicted octanol–water partition coefficient (Wildman–Crippen LogP) is 3.76. The Morgan fingerprint density at radius 1 is 0.651 bits per heavy atom. The molecule has 0 aliphatic carbocycles. The zero-order valence-electron chi connectivity index (χ0n) is 24.2. The average Bonchev–Trinajstić information content (AvgIpc) is 3.06. The molecule has 0 saturated carbocycles. The monoisotopic (exact) mass is 592 g/mol. The first-order valence-corrected chi connectivity index (χ1v) is 14.5. The van der Waals surface area contributed by atoms with Crippen molar-refractivity contribution in [2.45, 2.75) is 69.0 Å². The summed E-state index contributed by atoms with van der Waals surface area (Å²) in [6, 6.07) is 29.6. The lowest BCUT2D eigenvalue weighted by molar-refractivity contribution is -0.339. The van der Waals surface area contributed by atoms with E-state index in [9.17, 15) is 10.2 Å². The summed E-state index contributed by atoms with van der Waals surface area (Å²) in [7, 11) is 1.57. The minimum absolute atomic E-state index is 0.179. The molecule has 0 aromatic heterocycles. The summed E-state index contributed by atoms with van der Waals surface area (Å²) in [6.07, 6.45) is -2.92. The highest BCUT2D eigenvalue weighted by atomic mass is 16.7. The summed E-state index contributed by atoms with van der Waals surface area (Å²) in [6.45, 7) is 0.800. The van der Waals surface area contributed by atoms with Crippen molar-refractivity contribution >= 4 is 0 Å². The van der Waals surface area contributed by atoms with Crippen LogP contribution in [0.4, 0.5) is 0 Å². The Hall–Kier alpha value is -2.96. The smallest absolute Gasteiger partial charge is 0.186 e. The molecule has 2 N–H and O–H groups in total. The Labute approximate surface area is 252 Å². The molecule has 230 valence electrons. The van der Waals surface area contributed by atoms with Gasteiger partial charge < -0.3 is 43.4 Å². The van der Waals surface area contributed by atoms with Crippen LogP contribution in [0.1, 0.15) is 16.7 Å². The molecule has 9 nitrogen and oxygen atoms in total. The first-order chi connectivity index (χ1) is 21.1. The molecule has 2 heterocycles. The lowest BCUT2D eigenvalue weighted by Gasteiger charge is -2.46. The average molecular weight is 593 g/mol. The van der Waals surface area contributed by atoms with Crippen LogP contribution in [0.2, 0.25) is 0 Å². The number of methoxy groups -OCH3 is 1. The van der Waals surface area contributed by atoms with Gasteiger partial charge in [-0.15, -0.1) is 0 Å². The molecule has 3 aromatic rings. The van der Waals surface area contributed by atoms with Crippen LogP contribution in [0.5, 0.6) is 0 Å². The van der Waals surface area contributed by atoms with Gasteiger partial charge in [-0.05, 0) is 22.8 Å². The van der Waals surface area contributed by atoms with E-state index in [1.165, 1.54) is 0 Å². The van der Waals surface area contributed by atoms with Crippen molar-refractivity contribution in [1.82, 2.24) is 0 Å². The zero-order chi connectivity index (χ0) is 29.9. The molecule has 9 heteroatoms. The second kappa shape index (κ2) is 16.2. The molecule has 1 saturated heterocycles. The summed E-state index contributed by atoms with van der Waals surface area (Å²) in [5, 5.41) is 19.9. The topological polar surface area (TPSA) is 105 Å². The van der Waals surface area contributed by atoms with Crippen LogP contribution in [-0.4, -0.2) is 79.7 Å². The van der Waals surface area contributed by atoms with Gasteiger partial charge in [0.1, 0.15) is 36.6 Å². The van der Waals surface area contributed by atoms with Gasteiger partial charge in [0.25, 0.3) is 0 Å². The highest BCUT2D eigenvalue weighted by Gasteiger charge is 2.50. The Morgan fingerprint density at radius 2 is 1.21 bits per heavy atom. The molecule has 0 amide bonds. The van der Waals surface area contributed by atoms with Gasteiger partial charge in [-0.25, -0.2) is 0 Å². The maximum atomic E-state index is 10.2. The molecule has 2 aliphatic rings. The molecule has 5 rings (SSSR count). The van der Waals surface area contributed by atoms with E-state index in [0.717, 1.165) is 16.7 Å². The van der Waals surface area contributed by atoms with Crippen molar-refractivity contribution < 1.29 is 43.4 Å². The third-order valence-corrected chi connectivity index (χ3v) is 7.41. The van der Waals surface area contributed by atoms with Crippen LogP contribution in [0.3, 0.4) is 0 Å². The van der Waals surface area contributed by atoms with Crippen LogP contribution < -0.4 is 0 Å². The van der Waals surface area contributed by atoms with Crippen molar-refractivity contribution in [2.24, 2.45) is 0 Å². The number of hydrogen-bond acceptors (Lipinski definition) is 9. The molecule has 8 atom stereocenters. The van der Waals surface area contributed by atoms with Crippen LogP contribution in [0.15, 0.2) is 103 Å². The van der Waals surface area contributed by atoms with Crippen LogP contribution >= 0.6 is 0 Å². The zero-order valence-corrected chi connectivity index (χ0v) is 24.2. The molecule has 0 unspecified atom stereocenters. The fourth-order valence-corrected chi connectivity index (χ4v) is 5.14. The summed E-state index contributed by atoms with van der Waals surface area (Å²) in [5.41, 5.74) is 3.00. The van der Waals surface area contributed by atoms with E-state index in [2.05, 4.69) is 0 Å². The van der Waals surface area contributed by atoms with E-state index < -0.39 is 49.2 Å². The predicted molar refractivity (Wildman–Crippen MR) is 158 cm³/mol. The van der Waals surface area contributed by atoms with Gasteiger partial charge in [0.2, 0.25) is 0 Å². The number of benzene rings is 3. The first-order valence-electron chi connectivity index (χ1n) is 14.5. The maximum absolute atomic E-state index is 10.2. The molecule has 1 fully saturated rings. The Bertz CT molecular complexity index is 1230. The van der Waals surface area contributed by atoms with Gasteiger partial charge in [-0.3, -0.25) is 0 Å². The minimum atomic E-state index is -0.942. The minimum Gasteiger partial charge on any atom is -0.394 e. The third kappa shape index (κ3) is 8.79. The Kier molecular flexibility index (Phi) is 11.9. The van der Waals surface area contributed by atoms with Crippen LogP contribution in [0.25, 0.3) is 0 Å². The number of rotatable bonds is 14. The van der Waals surface area contributed by atoms with Crippen molar-refractivity contribution in [2.75, 3.05) is 20.3 Å². The standard InChI is InChI=1S/C34H40O9/c1-37-34-33(40-22-26-15-9-4-10-16-26)32(39-21-25-13-7-3-8-14-25)31(43-30-18-17-27(36)28(19-35)41-30)29(42-34)23-38-20-24-11-5-2-6-12-24/h2-18,27-36H,19-23H2,1H3/t27-,28-,29-,30-,31-,32+,33-,34+/m1/s1. The molecular weight excluding hydrogens is 552 g/mol. The lowest BCUT2D eigenvalue weighted by atomic mass is 9.97. The van der Waals surface area contributed by atoms with E-state index in [4.69, 9.17) is 33.2 Å². The number of hydrogen-bond donors (Lipinski definition) is 2. The molecule has 0 bridgehead atoms. The number of aliphatic hydroxyl groups is 2. The fraction of sp³-hybridized carbons (Fsp3) is 0.412. The molecule has 0 spiro atoms. The molecule has 3 aromatic carbocycles. The van der Waals surface area contributed by atoms with Crippen molar-refractivity contribution in [3.8, 4) is 0 Å². The van der Waals surface area contributed by atoms with E-state index in [1.54, 1.807) is 19.3 Å². The van der Waals surface area contributed by atoms with E-state index >= 15 is 0 Å². The molecule has 0 radical (unpaired) electrons. The largest absolute Gasteiger partial charge is 0.394 e. The molecule has 2 aliphatic heterocycles. The van der Waals surface area contributed by atoms with E-state index in [-0.39, 0.29) is 13.2 Å². The van der Waals surface area contributed by atoms with Gasteiger partial charge in [0.05, 0.1) is 33.0 Å². The summed E-state index contributed by atoms with van der Waals surface area (Å²) in [5.74, 6) is 0. The second-order valence-corrected chi connectivity index (χ2v) is 10.5. The highest BCUT2D eigenvalue weighted by Crippen LogP contribution is 2.32. The third-order valence-electron chi connectivity index (χ3n) is 7.41. The summed E-state index contributed by atoms with van der Waals surface area (Å²) >= 11 is 0. The van der Waals surface area contributed by atoms with Crippen molar-refractivity contribution in [3.63, 3.8) is 0 Å². The van der Waals surface area contributed by atoms with Gasteiger partial charge in [0.15, 0.2) is 12.6 Å². The van der Waals surface area contributed by atoms with Crippen LogP contribution in [0, 0.1) is 0 Å². The Balaban J connectivity index is 1.41. The van der Waals surface area contributed by atoms with Crippen LogP contribution in [-0.2, 0) is 53.0 Å². The second-order valence-electron chi connectivity index (χ2n) is 10.5. The molecule has 43 heavy (non-hydrogen) atoms. The SMILES string of the molecule is CO[C@H]1O[C@H](COCc2ccccc2)[C@@H](O[C@@H]2C=C[C@@H](O)[C@@H](CO)O2)[C@H](OCc2ccccc2)[C@H]1OCc1ccccc1. The first kappa shape index (κ1) is 31.5. The van der Waals surface area contributed by atoms with Gasteiger partial charge >= 0.3 is 0 Å². The van der Waals surface area contributed by atoms with Gasteiger partial charge in [-0.2, -0.15) is 0 Å². The van der Waals surface area contributed by atoms with Crippen molar-refractivity contribution in [3.05, 3.63) is 120 Å². The lowest BCUT2D eigenvalue weighted by Crippen LogP contribution is -2.62. The van der Waals surface area contributed by atoms with Crippen molar-refractivity contribution in [1.29, 1.82) is 0 Å². The van der Waals surface area contributed by atoms with E-state index in [1.807, 2.05) is 91.0 Å². The Morgan fingerprint density at radius 3 is 1.77 bits per heavy atom. The normalized spacial score (nSPS) is 29.0. The van der Waals surface area contributed by atoms with Gasteiger partial charge in [-0.1, -0.05) is 97.1 Å². The highest BCUT2D eigenvalue weighted by molar-refractivity contribution is 5.15. The summed E-state index contributed by atoms with van der Waals surface area (Å²) in [4.78, 5) is 0. The fourth-order valence-electron chi connectivity index (χ4n) is 5.14. The maximum Gasteiger partial charge on any atom is 0.186 e. The van der Waals surface area contributed by atoms with Gasteiger partial charge in [0, 0.05) is 7.11 Å². The number of aliphatic hydroxyl groups excluding tert-OH is 2.